The Hall–Kier alpha value is -3.49. The van der Waals surface area contributed by atoms with E-state index < -0.39 is 29.7 Å². The van der Waals surface area contributed by atoms with E-state index in [-0.39, 0.29) is 33.2 Å². The van der Waals surface area contributed by atoms with Crippen molar-refractivity contribution in [2.45, 2.75) is 13.1 Å². The van der Waals surface area contributed by atoms with Gasteiger partial charge in [-0.1, -0.05) is 41.4 Å². The zero-order chi connectivity index (χ0) is 25.3. The quantitative estimate of drug-likeness (QED) is 0.303. The van der Waals surface area contributed by atoms with Crippen LogP contribution in [0.1, 0.15) is 11.1 Å². The molecule has 4 aromatic rings. The molecule has 0 fully saturated rings. The van der Waals surface area contributed by atoms with Gasteiger partial charge in [0.25, 0.3) is 5.91 Å². The highest BCUT2D eigenvalue weighted by Gasteiger charge is 2.30. The van der Waals surface area contributed by atoms with Gasteiger partial charge in [0.2, 0.25) is 11.2 Å². The fraction of sp³-hybridized carbons (Fsp3) is 0.120. The van der Waals surface area contributed by atoms with Crippen LogP contribution in [0.5, 0.6) is 5.75 Å². The standard InChI is InChI=1S/C25H16Cl2F3NO4/c1-13-9-20-17(11-19(13)27)22(33)24(23(35-20)16-7-2-3-8-18(16)26)34-12-21(32)31-15-6-4-5-14(10-15)25(28,29)30/h2-11H,12H2,1H3,(H,31,32). The summed E-state index contributed by atoms with van der Waals surface area (Å²) >= 11 is 12.5. The molecular formula is C25H16Cl2F3NO4. The lowest BCUT2D eigenvalue weighted by atomic mass is 10.1. The Bertz CT molecular complexity index is 1500. The van der Waals surface area contributed by atoms with Crippen LogP contribution in [0.4, 0.5) is 18.9 Å². The number of aryl methyl sites for hydroxylation is 1. The maximum atomic E-state index is 13.3. The molecule has 0 unspecified atom stereocenters. The summed E-state index contributed by atoms with van der Waals surface area (Å²) < 4.78 is 50.3. The van der Waals surface area contributed by atoms with E-state index in [1.165, 1.54) is 18.2 Å². The summed E-state index contributed by atoms with van der Waals surface area (Å²) in [6.07, 6.45) is -4.56. The minimum absolute atomic E-state index is 0.00157. The van der Waals surface area contributed by atoms with E-state index in [4.69, 9.17) is 32.4 Å². The molecule has 35 heavy (non-hydrogen) atoms. The van der Waals surface area contributed by atoms with E-state index in [2.05, 4.69) is 5.32 Å². The molecule has 0 saturated carbocycles. The second-order valence-corrected chi connectivity index (χ2v) is 8.40. The fourth-order valence-corrected chi connectivity index (χ4v) is 3.75. The number of anilines is 1. The number of rotatable bonds is 5. The number of ether oxygens (including phenoxy) is 1. The van der Waals surface area contributed by atoms with Crippen molar-refractivity contribution in [2.75, 3.05) is 11.9 Å². The summed E-state index contributed by atoms with van der Waals surface area (Å²) in [4.78, 5) is 25.7. The minimum Gasteiger partial charge on any atom is -0.476 e. The van der Waals surface area contributed by atoms with E-state index in [0.717, 1.165) is 12.1 Å². The second-order valence-electron chi connectivity index (χ2n) is 7.58. The molecule has 0 atom stereocenters. The summed E-state index contributed by atoms with van der Waals surface area (Å²) in [5.41, 5.74) is -0.301. The summed E-state index contributed by atoms with van der Waals surface area (Å²) in [5, 5.41) is 3.07. The number of halogens is 5. The first-order valence-corrected chi connectivity index (χ1v) is 10.9. The van der Waals surface area contributed by atoms with Crippen molar-refractivity contribution in [3.63, 3.8) is 0 Å². The molecule has 0 spiro atoms. The van der Waals surface area contributed by atoms with E-state index in [0.29, 0.717) is 16.1 Å². The van der Waals surface area contributed by atoms with Crippen LogP contribution in [-0.4, -0.2) is 12.5 Å². The summed E-state index contributed by atoms with van der Waals surface area (Å²) in [6, 6.07) is 13.8. The van der Waals surface area contributed by atoms with Gasteiger partial charge in [-0.05, 0) is 55.0 Å². The number of carbonyl (C=O) groups is 1. The molecule has 3 aromatic carbocycles. The van der Waals surface area contributed by atoms with Crippen molar-refractivity contribution in [1.82, 2.24) is 0 Å². The molecule has 0 radical (unpaired) electrons. The van der Waals surface area contributed by atoms with Crippen molar-refractivity contribution in [3.05, 3.63) is 92.1 Å². The molecule has 180 valence electrons. The number of alkyl halides is 3. The zero-order valence-corrected chi connectivity index (χ0v) is 19.5. The van der Waals surface area contributed by atoms with Gasteiger partial charge in [-0.15, -0.1) is 0 Å². The van der Waals surface area contributed by atoms with E-state index in [1.54, 1.807) is 37.3 Å². The Labute approximate surface area is 207 Å². The van der Waals surface area contributed by atoms with Crippen LogP contribution in [0.25, 0.3) is 22.3 Å². The van der Waals surface area contributed by atoms with E-state index >= 15 is 0 Å². The number of hydrogen-bond acceptors (Lipinski definition) is 4. The summed E-state index contributed by atoms with van der Waals surface area (Å²) in [7, 11) is 0. The molecule has 0 aliphatic carbocycles. The molecule has 0 aliphatic rings. The Balaban J connectivity index is 1.69. The topological polar surface area (TPSA) is 68.5 Å². The van der Waals surface area contributed by atoms with Crippen molar-refractivity contribution in [2.24, 2.45) is 0 Å². The maximum Gasteiger partial charge on any atom is 0.416 e. The average molecular weight is 522 g/mol. The predicted octanol–water partition coefficient (Wildman–Crippen LogP) is 7.11. The molecule has 1 aromatic heterocycles. The molecule has 10 heteroatoms. The number of benzene rings is 3. The average Bonchev–Trinajstić information content (AvgIpc) is 2.80. The lowest BCUT2D eigenvalue weighted by Crippen LogP contribution is -2.23. The Kier molecular flexibility index (Phi) is 6.78. The van der Waals surface area contributed by atoms with Gasteiger partial charge in [0.05, 0.1) is 16.0 Å². The van der Waals surface area contributed by atoms with E-state index in [9.17, 15) is 22.8 Å². The molecule has 1 N–H and O–H groups in total. The number of fused-ring (bicyclic) bond motifs is 1. The molecule has 1 amide bonds. The number of nitrogens with one attached hydrogen (secondary N) is 1. The SMILES string of the molecule is Cc1cc2oc(-c3ccccc3Cl)c(OCC(=O)Nc3cccc(C(F)(F)F)c3)c(=O)c2cc1Cl. The second kappa shape index (κ2) is 9.64. The largest absolute Gasteiger partial charge is 0.476 e. The van der Waals surface area contributed by atoms with Gasteiger partial charge in [0.15, 0.2) is 12.4 Å². The molecule has 4 rings (SSSR count). The third kappa shape index (κ3) is 5.28. The summed E-state index contributed by atoms with van der Waals surface area (Å²) in [6.45, 7) is 1.07. The van der Waals surface area contributed by atoms with Gasteiger partial charge in [0, 0.05) is 16.3 Å². The highest BCUT2D eigenvalue weighted by Crippen LogP contribution is 2.36. The normalized spacial score (nSPS) is 11.5. The van der Waals surface area contributed by atoms with Crippen LogP contribution in [0, 0.1) is 6.92 Å². The van der Waals surface area contributed by atoms with Crippen molar-refractivity contribution in [3.8, 4) is 17.1 Å². The number of carbonyl (C=O) groups excluding carboxylic acids is 1. The fourth-order valence-electron chi connectivity index (χ4n) is 3.36. The lowest BCUT2D eigenvalue weighted by Gasteiger charge is -2.14. The van der Waals surface area contributed by atoms with Gasteiger partial charge < -0.3 is 14.5 Å². The number of hydrogen-bond donors (Lipinski definition) is 1. The van der Waals surface area contributed by atoms with Crippen LogP contribution in [0.15, 0.2) is 69.9 Å². The monoisotopic (exact) mass is 521 g/mol. The van der Waals surface area contributed by atoms with Gasteiger partial charge in [-0.3, -0.25) is 9.59 Å². The maximum absolute atomic E-state index is 13.3. The van der Waals surface area contributed by atoms with Crippen LogP contribution in [0.2, 0.25) is 10.0 Å². The molecular weight excluding hydrogens is 506 g/mol. The first-order valence-electron chi connectivity index (χ1n) is 10.2. The van der Waals surface area contributed by atoms with E-state index in [1.807, 2.05) is 0 Å². The van der Waals surface area contributed by atoms with Crippen LogP contribution >= 0.6 is 23.2 Å². The zero-order valence-electron chi connectivity index (χ0n) is 18.0. The molecule has 0 bridgehead atoms. The van der Waals surface area contributed by atoms with Gasteiger partial charge >= 0.3 is 6.18 Å². The van der Waals surface area contributed by atoms with Gasteiger partial charge in [0.1, 0.15) is 5.58 Å². The van der Waals surface area contributed by atoms with Gasteiger partial charge in [-0.2, -0.15) is 13.2 Å². The summed E-state index contributed by atoms with van der Waals surface area (Å²) in [5.74, 6) is -1.07. The van der Waals surface area contributed by atoms with Gasteiger partial charge in [-0.25, -0.2) is 0 Å². The molecule has 5 nitrogen and oxygen atoms in total. The smallest absolute Gasteiger partial charge is 0.416 e. The predicted molar refractivity (Wildman–Crippen MR) is 128 cm³/mol. The lowest BCUT2D eigenvalue weighted by molar-refractivity contribution is -0.137. The van der Waals surface area contributed by atoms with Crippen molar-refractivity contribution >= 4 is 45.8 Å². The number of amides is 1. The third-order valence-electron chi connectivity index (χ3n) is 5.07. The highest BCUT2D eigenvalue weighted by molar-refractivity contribution is 6.33. The minimum atomic E-state index is -4.56. The first-order chi connectivity index (χ1) is 16.5. The third-order valence-corrected chi connectivity index (χ3v) is 5.81. The van der Waals surface area contributed by atoms with Crippen LogP contribution in [0.3, 0.4) is 0 Å². The first kappa shape index (κ1) is 24.6. The van der Waals surface area contributed by atoms with Crippen LogP contribution < -0.4 is 15.5 Å². The molecule has 1 heterocycles. The highest BCUT2D eigenvalue weighted by atomic mass is 35.5. The Morgan fingerprint density at radius 3 is 2.49 bits per heavy atom. The van der Waals surface area contributed by atoms with Crippen molar-refractivity contribution in [1.29, 1.82) is 0 Å². The van der Waals surface area contributed by atoms with Crippen molar-refractivity contribution < 1.29 is 27.1 Å². The molecule has 0 aliphatic heterocycles. The Morgan fingerprint density at radius 2 is 1.77 bits per heavy atom. The Morgan fingerprint density at radius 1 is 1.03 bits per heavy atom. The van der Waals surface area contributed by atoms with Crippen LogP contribution in [-0.2, 0) is 11.0 Å². The molecule has 0 saturated heterocycles.